The molecule has 110 valence electrons. The van der Waals surface area contributed by atoms with Gasteiger partial charge in [0.1, 0.15) is 0 Å². The van der Waals surface area contributed by atoms with Crippen LogP contribution in [0, 0.1) is 40.4 Å². The van der Waals surface area contributed by atoms with Crippen molar-refractivity contribution in [1.29, 1.82) is 5.26 Å². The predicted octanol–water partition coefficient (Wildman–Crippen LogP) is 3.21. The van der Waals surface area contributed by atoms with Gasteiger partial charge in [0.25, 0.3) is 0 Å². The van der Waals surface area contributed by atoms with Crippen LogP contribution in [0.4, 0.5) is 0 Å². The van der Waals surface area contributed by atoms with Crippen LogP contribution in [0.2, 0.25) is 0 Å². The zero-order chi connectivity index (χ0) is 14.3. The van der Waals surface area contributed by atoms with Crippen molar-refractivity contribution in [3.63, 3.8) is 0 Å². The smallest absolute Gasteiger partial charge is 0.222 e. The fraction of sp³-hybridized carbons (Fsp3) is 0.882. The molecule has 0 aliphatic heterocycles. The Balaban J connectivity index is 1.70. The van der Waals surface area contributed by atoms with Crippen molar-refractivity contribution < 1.29 is 4.79 Å². The summed E-state index contributed by atoms with van der Waals surface area (Å²) in [5.74, 6) is 2.89. The first kappa shape index (κ1) is 13.9. The summed E-state index contributed by atoms with van der Waals surface area (Å²) < 4.78 is 0. The second-order valence-electron chi connectivity index (χ2n) is 7.79. The first-order valence-electron chi connectivity index (χ1n) is 8.12. The van der Waals surface area contributed by atoms with Crippen molar-refractivity contribution in [3.8, 4) is 6.07 Å². The molecule has 0 aromatic heterocycles. The molecule has 4 saturated carbocycles. The Labute approximate surface area is 122 Å². The second-order valence-corrected chi connectivity index (χ2v) is 7.79. The van der Waals surface area contributed by atoms with E-state index in [1.807, 2.05) is 0 Å². The first-order valence-corrected chi connectivity index (χ1v) is 8.12. The predicted molar refractivity (Wildman–Crippen MR) is 77.6 cm³/mol. The van der Waals surface area contributed by atoms with Crippen LogP contribution in [0.3, 0.4) is 0 Å². The molecule has 3 nitrogen and oxygen atoms in total. The molecule has 0 heterocycles. The molecule has 0 saturated heterocycles. The summed E-state index contributed by atoms with van der Waals surface area (Å²) >= 11 is 0. The highest BCUT2D eigenvalue weighted by Crippen LogP contribution is 2.63. The van der Waals surface area contributed by atoms with Gasteiger partial charge in [-0.2, -0.15) is 5.26 Å². The van der Waals surface area contributed by atoms with E-state index in [2.05, 4.69) is 6.07 Å². The molecule has 0 radical (unpaired) electrons. The number of hydrogen-bond acceptors (Lipinski definition) is 2. The normalized spacial score (nSPS) is 39.4. The number of carbonyl (C=O) groups excluding carboxylic acids is 1. The fourth-order valence-electron chi connectivity index (χ4n) is 5.60. The second kappa shape index (κ2) is 5.06. The molecule has 20 heavy (non-hydrogen) atoms. The highest BCUT2D eigenvalue weighted by Gasteiger charge is 2.54. The quantitative estimate of drug-likeness (QED) is 0.790. The zero-order valence-corrected chi connectivity index (χ0v) is 12.8. The van der Waals surface area contributed by atoms with E-state index in [9.17, 15) is 10.1 Å². The summed E-state index contributed by atoms with van der Waals surface area (Å²) in [6.07, 6.45) is 9.30. The molecule has 4 rings (SSSR count). The monoisotopic (exact) mass is 274 g/mol. The third-order valence-corrected chi connectivity index (χ3v) is 6.13. The van der Waals surface area contributed by atoms with Crippen molar-refractivity contribution >= 4 is 5.91 Å². The van der Waals surface area contributed by atoms with Gasteiger partial charge in [-0.15, -0.1) is 0 Å². The SMILES string of the molecule is CN(C)C(=O)CCC(C#N)C12CC3CC(CC(C3)C1)C2. The molecular weight excluding hydrogens is 248 g/mol. The van der Waals surface area contributed by atoms with Crippen LogP contribution >= 0.6 is 0 Å². The van der Waals surface area contributed by atoms with Crippen molar-refractivity contribution in [2.24, 2.45) is 29.1 Å². The first-order chi connectivity index (χ1) is 9.52. The molecule has 0 N–H and O–H groups in total. The summed E-state index contributed by atoms with van der Waals surface area (Å²) in [5.41, 5.74) is 0.260. The highest BCUT2D eigenvalue weighted by molar-refractivity contribution is 5.75. The number of nitrogens with zero attached hydrogens (tertiary/aromatic N) is 2. The molecular formula is C17H26N2O. The molecule has 1 amide bonds. The van der Waals surface area contributed by atoms with Gasteiger partial charge in [-0.25, -0.2) is 0 Å². The maximum atomic E-state index is 11.8. The van der Waals surface area contributed by atoms with E-state index in [0.717, 1.165) is 24.2 Å². The minimum atomic E-state index is 0.0970. The van der Waals surface area contributed by atoms with Gasteiger partial charge in [-0.3, -0.25) is 4.79 Å². The Kier molecular flexibility index (Phi) is 3.52. The topological polar surface area (TPSA) is 44.1 Å². The van der Waals surface area contributed by atoms with Crippen LogP contribution in [0.5, 0.6) is 0 Å². The van der Waals surface area contributed by atoms with E-state index >= 15 is 0 Å². The molecule has 1 atom stereocenters. The lowest BCUT2D eigenvalue weighted by Gasteiger charge is -2.58. The maximum absolute atomic E-state index is 11.8. The van der Waals surface area contributed by atoms with Gasteiger partial charge >= 0.3 is 0 Å². The lowest BCUT2D eigenvalue weighted by atomic mass is 9.46. The number of nitriles is 1. The Morgan fingerprint density at radius 2 is 1.70 bits per heavy atom. The molecule has 4 aliphatic carbocycles. The Hall–Kier alpha value is -1.04. The average Bonchev–Trinajstić information content (AvgIpc) is 2.37. The van der Waals surface area contributed by atoms with Crippen LogP contribution in [-0.2, 0) is 4.79 Å². The van der Waals surface area contributed by atoms with Gasteiger partial charge in [0, 0.05) is 20.5 Å². The van der Waals surface area contributed by atoms with E-state index in [-0.39, 0.29) is 17.2 Å². The highest BCUT2D eigenvalue weighted by atomic mass is 16.2. The summed E-state index contributed by atoms with van der Waals surface area (Å²) in [5, 5.41) is 9.66. The summed E-state index contributed by atoms with van der Waals surface area (Å²) in [6.45, 7) is 0. The van der Waals surface area contributed by atoms with E-state index < -0.39 is 0 Å². The van der Waals surface area contributed by atoms with E-state index in [0.29, 0.717) is 6.42 Å². The van der Waals surface area contributed by atoms with Crippen molar-refractivity contribution in [2.75, 3.05) is 14.1 Å². The molecule has 3 heteroatoms. The molecule has 4 bridgehead atoms. The van der Waals surface area contributed by atoms with Crippen LogP contribution < -0.4 is 0 Å². The number of amides is 1. The minimum Gasteiger partial charge on any atom is -0.349 e. The molecule has 0 aromatic carbocycles. The van der Waals surface area contributed by atoms with E-state index in [1.54, 1.807) is 19.0 Å². The fourth-order valence-corrected chi connectivity index (χ4v) is 5.60. The van der Waals surface area contributed by atoms with Crippen LogP contribution in [0.15, 0.2) is 0 Å². The zero-order valence-electron chi connectivity index (χ0n) is 12.8. The van der Waals surface area contributed by atoms with E-state index in [1.165, 1.54) is 38.5 Å². The molecule has 0 aromatic rings. The lowest BCUT2D eigenvalue weighted by molar-refractivity contribution is -0.129. The van der Waals surface area contributed by atoms with Gasteiger partial charge < -0.3 is 4.90 Å². The number of rotatable bonds is 4. The largest absolute Gasteiger partial charge is 0.349 e. The Bertz CT molecular complexity index is 399. The summed E-state index contributed by atoms with van der Waals surface area (Å²) in [6, 6.07) is 2.58. The third-order valence-electron chi connectivity index (χ3n) is 6.13. The Morgan fingerprint density at radius 1 is 1.20 bits per heavy atom. The molecule has 4 aliphatic rings. The van der Waals surface area contributed by atoms with Crippen molar-refractivity contribution in [2.45, 2.75) is 51.4 Å². The Morgan fingerprint density at radius 3 is 2.10 bits per heavy atom. The average molecular weight is 274 g/mol. The van der Waals surface area contributed by atoms with E-state index in [4.69, 9.17) is 0 Å². The van der Waals surface area contributed by atoms with Gasteiger partial charge in [0.05, 0.1) is 12.0 Å². The van der Waals surface area contributed by atoms with Gasteiger partial charge in [-0.05, 0) is 68.1 Å². The van der Waals surface area contributed by atoms with Crippen LogP contribution in [0.1, 0.15) is 51.4 Å². The van der Waals surface area contributed by atoms with Gasteiger partial charge in [0.15, 0.2) is 0 Å². The van der Waals surface area contributed by atoms with Crippen LogP contribution in [0.25, 0.3) is 0 Å². The lowest BCUT2D eigenvalue weighted by Crippen LogP contribution is -2.49. The number of hydrogen-bond donors (Lipinski definition) is 0. The molecule has 1 unspecified atom stereocenters. The maximum Gasteiger partial charge on any atom is 0.222 e. The standard InChI is InChI=1S/C17H26N2O/c1-19(2)16(20)4-3-15(11-18)17-8-12-5-13(9-17)7-14(6-12)10-17/h12-15H,3-10H2,1-2H3. The molecule has 4 fully saturated rings. The van der Waals surface area contributed by atoms with Gasteiger partial charge in [0.2, 0.25) is 5.91 Å². The molecule has 0 spiro atoms. The summed E-state index contributed by atoms with van der Waals surface area (Å²) in [7, 11) is 3.60. The minimum absolute atomic E-state index is 0.0970. The third kappa shape index (κ3) is 2.34. The number of carbonyl (C=O) groups is 1. The van der Waals surface area contributed by atoms with Crippen molar-refractivity contribution in [3.05, 3.63) is 0 Å². The van der Waals surface area contributed by atoms with Gasteiger partial charge in [-0.1, -0.05) is 0 Å². The summed E-state index contributed by atoms with van der Waals surface area (Å²) in [4.78, 5) is 13.5. The van der Waals surface area contributed by atoms with Crippen molar-refractivity contribution in [1.82, 2.24) is 4.90 Å². The van der Waals surface area contributed by atoms with Crippen LogP contribution in [-0.4, -0.2) is 24.9 Å².